The number of aliphatic hydroxyl groups is 3. The number of hydrogen-bond donors (Lipinski definition) is 5. The van der Waals surface area contributed by atoms with Crippen LogP contribution in [0.1, 0.15) is 27.2 Å². The van der Waals surface area contributed by atoms with Crippen molar-refractivity contribution in [2.45, 2.75) is 45.5 Å². The molecule has 7 heteroatoms. The first-order chi connectivity index (χ1) is 10.8. The van der Waals surface area contributed by atoms with Gasteiger partial charge in [-0.3, -0.25) is 9.80 Å². The first-order valence-corrected chi connectivity index (χ1v) is 8.74. The molecule has 0 saturated heterocycles. The first kappa shape index (κ1) is 22.7. The van der Waals surface area contributed by atoms with Crippen LogP contribution in [0.5, 0.6) is 0 Å². The van der Waals surface area contributed by atoms with Gasteiger partial charge in [0.05, 0.1) is 18.3 Å². The zero-order valence-electron chi connectivity index (χ0n) is 15.1. The van der Waals surface area contributed by atoms with Gasteiger partial charge in [-0.2, -0.15) is 0 Å². The van der Waals surface area contributed by atoms with Crippen molar-refractivity contribution in [1.29, 1.82) is 0 Å². The lowest BCUT2D eigenvalue weighted by Gasteiger charge is -2.30. The molecule has 0 bridgehead atoms. The summed E-state index contributed by atoms with van der Waals surface area (Å²) in [6.45, 7) is 11.9. The molecule has 0 aromatic carbocycles. The number of hydrogen-bond acceptors (Lipinski definition) is 7. The van der Waals surface area contributed by atoms with Crippen molar-refractivity contribution in [3.8, 4) is 0 Å². The van der Waals surface area contributed by atoms with Gasteiger partial charge in [-0.1, -0.05) is 0 Å². The maximum Gasteiger partial charge on any atom is 0.0639 e. The van der Waals surface area contributed by atoms with Gasteiger partial charge in [-0.25, -0.2) is 0 Å². The van der Waals surface area contributed by atoms with Crippen molar-refractivity contribution in [1.82, 2.24) is 15.1 Å². The van der Waals surface area contributed by atoms with Crippen LogP contribution in [0.4, 0.5) is 0 Å². The van der Waals surface area contributed by atoms with Crippen LogP contribution in [0.3, 0.4) is 0 Å². The number of nitrogens with zero attached hydrogens (tertiary/aromatic N) is 2. The lowest BCUT2D eigenvalue weighted by Crippen LogP contribution is -2.43. The van der Waals surface area contributed by atoms with Gasteiger partial charge in [0.1, 0.15) is 0 Å². The maximum atomic E-state index is 9.65. The lowest BCUT2D eigenvalue weighted by molar-refractivity contribution is 0.0681. The summed E-state index contributed by atoms with van der Waals surface area (Å²) < 4.78 is 0. The van der Waals surface area contributed by atoms with Crippen LogP contribution >= 0.6 is 0 Å². The summed E-state index contributed by atoms with van der Waals surface area (Å²) in [4.78, 5) is 4.29. The third-order valence-electron chi connectivity index (χ3n) is 3.45. The zero-order chi connectivity index (χ0) is 17.7. The van der Waals surface area contributed by atoms with Crippen LogP contribution in [0.15, 0.2) is 0 Å². The Labute approximate surface area is 141 Å². The van der Waals surface area contributed by atoms with Gasteiger partial charge >= 0.3 is 0 Å². The number of aliphatic hydroxyl groups excluding tert-OH is 3. The average molecular weight is 335 g/mol. The maximum absolute atomic E-state index is 9.65. The van der Waals surface area contributed by atoms with Gasteiger partial charge in [0.25, 0.3) is 0 Å². The van der Waals surface area contributed by atoms with Crippen LogP contribution in [-0.2, 0) is 0 Å². The zero-order valence-corrected chi connectivity index (χ0v) is 15.1. The number of nitrogens with two attached hydrogens (primary N) is 1. The molecule has 0 aliphatic carbocycles. The molecule has 0 aliphatic heterocycles. The smallest absolute Gasteiger partial charge is 0.0639 e. The van der Waals surface area contributed by atoms with E-state index in [0.29, 0.717) is 26.2 Å². The minimum atomic E-state index is -0.417. The summed E-state index contributed by atoms with van der Waals surface area (Å²) >= 11 is 0. The van der Waals surface area contributed by atoms with Crippen molar-refractivity contribution in [3.63, 3.8) is 0 Å². The fourth-order valence-corrected chi connectivity index (χ4v) is 2.61. The largest absolute Gasteiger partial charge is 0.392 e. The quantitative estimate of drug-likeness (QED) is 0.236. The molecule has 0 amide bonds. The third kappa shape index (κ3) is 15.0. The van der Waals surface area contributed by atoms with E-state index in [4.69, 9.17) is 5.73 Å². The van der Waals surface area contributed by atoms with Gasteiger partial charge in [-0.15, -0.1) is 0 Å². The summed E-state index contributed by atoms with van der Waals surface area (Å²) in [6.07, 6.45) is -0.202. The molecule has 140 valence electrons. The van der Waals surface area contributed by atoms with Crippen molar-refractivity contribution in [2.75, 3.05) is 58.9 Å². The fourth-order valence-electron chi connectivity index (χ4n) is 2.61. The molecule has 6 N–H and O–H groups in total. The molecule has 0 rings (SSSR count). The predicted molar refractivity (Wildman–Crippen MR) is 94.5 cm³/mol. The van der Waals surface area contributed by atoms with E-state index in [0.717, 1.165) is 39.1 Å². The molecule has 0 spiro atoms. The van der Waals surface area contributed by atoms with E-state index in [2.05, 4.69) is 15.1 Å². The van der Waals surface area contributed by atoms with Gasteiger partial charge in [0.2, 0.25) is 0 Å². The molecule has 0 aromatic rings. The summed E-state index contributed by atoms with van der Waals surface area (Å²) in [5, 5.41) is 32.1. The molecule has 3 unspecified atom stereocenters. The second-order valence-electron chi connectivity index (χ2n) is 6.50. The van der Waals surface area contributed by atoms with Gasteiger partial charge in [0.15, 0.2) is 0 Å². The Morgan fingerprint density at radius 2 is 1.26 bits per heavy atom. The summed E-state index contributed by atoms with van der Waals surface area (Å²) in [6, 6.07) is 0. The standard InChI is InChI=1S/C16H38N4O3/c1-14(21)11-19(8-4-6-18-7-5-17)9-10-20(12-15(2)22)13-16(3)23/h14-16,18,21-23H,4-13,17H2,1-3H3. The Balaban J connectivity index is 4.25. The molecular formula is C16H38N4O3. The third-order valence-corrected chi connectivity index (χ3v) is 3.45. The van der Waals surface area contributed by atoms with Gasteiger partial charge < -0.3 is 26.4 Å². The SMILES string of the molecule is CC(O)CN(CCCNCCN)CCN(CC(C)O)CC(C)O. The van der Waals surface area contributed by atoms with Crippen LogP contribution in [0.2, 0.25) is 0 Å². The topological polar surface area (TPSA) is 105 Å². The molecule has 23 heavy (non-hydrogen) atoms. The van der Waals surface area contributed by atoms with Crippen LogP contribution in [0.25, 0.3) is 0 Å². The Bertz CT molecular complexity index is 256. The highest BCUT2D eigenvalue weighted by Gasteiger charge is 2.14. The number of nitrogens with one attached hydrogen (secondary N) is 1. The minimum Gasteiger partial charge on any atom is -0.392 e. The molecule has 0 fully saturated rings. The van der Waals surface area contributed by atoms with E-state index in [1.807, 2.05) is 0 Å². The second kappa shape index (κ2) is 14.1. The normalized spacial score (nSPS) is 16.0. The lowest BCUT2D eigenvalue weighted by atomic mass is 10.2. The van der Waals surface area contributed by atoms with Crippen LogP contribution in [-0.4, -0.2) is 102 Å². The van der Waals surface area contributed by atoms with Gasteiger partial charge in [0, 0.05) is 45.8 Å². The Kier molecular flexibility index (Phi) is 13.9. The molecule has 3 atom stereocenters. The van der Waals surface area contributed by atoms with Crippen molar-refractivity contribution >= 4 is 0 Å². The molecule has 0 radical (unpaired) electrons. The summed E-state index contributed by atoms with van der Waals surface area (Å²) in [7, 11) is 0. The van der Waals surface area contributed by atoms with E-state index >= 15 is 0 Å². The Morgan fingerprint density at radius 3 is 1.74 bits per heavy atom. The predicted octanol–water partition coefficient (Wildman–Crippen LogP) is -1.33. The molecule has 0 aliphatic rings. The molecule has 7 nitrogen and oxygen atoms in total. The molecule has 0 aromatic heterocycles. The molecular weight excluding hydrogens is 296 g/mol. The van der Waals surface area contributed by atoms with Crippen molar-refractivity contribution in [3.05, 3.63) is 0 Å². The minimum absolute atomic E-state index is 0.367. The highest BCUT2D eigenvalue weighted by molar-refractivity contribution is 4.69. The van der Waals surface area contributed by atoms with E-state index in [-0.39, 0.29) is 6.10 Å². The first-order valence-electron chi connectivity index (χ1n) is 8.74. The fraction of sp³-hybridized carbons (Fsp3) is 1.00. The van der Waals surface area contributed by atoms with Gasteiger partial charge in [-0.05, 0) is 40.3 Å². The highest BCUT2D eigenvalue weighted by Crippen LogP contribution is 2.00. The highest BCUT2D eigenvalue weighted by atomic mass is 16.3. The monoisotopic (exact) mass is 334 g/mol. The molecule has 0 heterocycles. The van der Waals surface area contributed by atoms with E-state index in [1.54, 1.807) is 20.8 Å². The van der Waals surface area contributed by atoms with E-state index < -0.39 is 12.2 Å². The second-order valence-corrected chi connectivity index (χ2v) is 6.50. The van der Waals surface area contributed by atoms with E-state index in [1.165, 1.54) is 0 Å². The van der Waals surface area contributed by atoms with E-state index in [9.17, 15) is 15.3 Å². The number of rotatable bonds is 15. The Hall–Kier alpha value is -0.280. The summed E-state index contributed by atoms with van der Waals surface area (Å²) in [5.74, 6) is 0. The van der Waals surface area contributed by atoms with Crippen molar-refractivity contribution < 1.29 is 15.3 Å². The Morgan fingerprint density at radius 1 is 0.783 bits per heavy atom. The van der Waals surface area contributed by atoms with Crippen LogP contribution in [0, 0.1) is 0 Å². The summed E-state index contributed by atoms with van der Waals surface area (Å²) in [5.41, 5.74) is 5.44. The average Bonchev–Trinajstić information content (AvgIpc) is 2.42. The van der Waals surface area contributed by atoms with Crippen molar-refractivity contribution in [2.24, 2.45) is 5.73 Å². The van der Waals surface area contributed by atoms with Crippen LogP contribution < -0.4 is 11.1 Å². The molecule has 0 saturated carbocycles.